The maximum atomic E-state index is 12.9. The van der Waals surface area contributed by atoms with Gasteiger partial charge < -0.3 is 10.2 Å². The maximum absolute atomic E-state index is 12.9. The van der Waals surface area contributed by atoms with E-state index in [4.69, 9.17) is 0 Å². The van der Waals surface area contributed by atoms with Gasteiger partial charge in [0.2, 0.25) is 0 Å². The summed E-state index contributed by atoms with van der Waals surface area (Å²) in [7, 11) is 0. The van der Waals surface area contributed by atoms with E-state index in [0.29, 0.717) is 17.7 Å². The number of carbonyl (C=O) groups is 4. The molecular formula is C18H19NO6. The van der Waals surface area contributed by atoms with E-state index in [0.717, 1.165) is 11.1 Å². The first-order chi connectivity index (χ1) is 11.7. The number of aryl methyl sites for hydroxylation is 2. The molecule has 0 bridgehead atoms. The van der Waals surface area contributed by atoms with Gasteiger partial charge in [0, 0.05) is 0 Å². The molecule has 2 unspecified atom stereocenters. The van der Waals surface area contributed by atoms with Crippen LogP contribution in [0.25, 0.3) is 0 Å². The van der Waals surface area contributed by atoms with Crippen LogP contribution in [0.2, 0.25) is 0 Å². The molecule has 7 heteroatoms. The van der Waals surface area contributed by atoms with Crippen molar-refractivity contribution in [3.8, 4) is 0 Å². The van der Waals surface area contributed by atoms with Crippen molar-refractivity contribution >= 4 is 23.8 Å². The minimum Gasteiger partial charge on any atom is -0.481 e. The monoisotopic (exact) mass is 345 g/mol. The molecule has 2 atom stereocenters. The van der Waals surface area contributed by atoms with Gasteiger partial charge in [-0.3, -0.25) is 19.3 Å². The number of imide groups is 1. The molecule has 7 nitrogen and oxygen atoms in total. The average Bonchev–Trinajstić information content (AvgIpc) is 2.79. The first-order valence-electron chi connectivity index (χ1n) is 8.18. The normalized spacial score (nSPS) is 25.8. The fourth-order valence-corrected chi connectivity index (χ4v) is 3.97. The van der Waals surface area contributed by atoms with E-state index in [-0.39, 0.29) is 24.0 Å². The number of hydrogen-bond acceptors (Lipinski definition) is 4. The Morgan fingerprint density at radius 2 is 1.56 bits per heavy atom. The van der Waals surface area contributed by atoms with Crippen LogP contribution in [-0.4, -0.2) is 44.4 Å². The van der Waals surface area contributed by atoms with Crippen molar-refractivity contribution in [2.75, 3.05) is 0 Å². The smallest absolute Gasteiger partial charge is 0.331 e. The van der Waals surface area contributed by atoms with Crippen LogP contribution in [0.1, 0.15) is 57.5 Å². The molecule has 1 heterocycles. The zero-order chi connectivity index (χ0) is 18.5. The summed E-state index contributed by atoms with van der Waals surface area (Å²) >= 11 is 0. The summed E-state index contributed by atoms with van der Waals surface area (Å²) in [6.07, 6.45) is 1.06. The fourth-order valence-electron chi connectivity index (χ4n) is 3.97. The molecule has 1 aromatic carbocycles. The van der Waals surface area contributed by atoms with Gasteiger partial charge in [0.05, 0.1) is 17.0 Å². The summed E-state index contributed by atoms with van der Waals surface area (Å²) in [5.41, 5.74) is -0.139. The number of hydrogen-bond donors (Lipinski definition) is 2. The lowest BCUT2D eigenvalue weighted by Gasteiger charge is -2.43. The van der Waals surface area contributed by atoms with Crippen molar-refractivity contribution < 1.29 is 29.4 Å². The quantitative estimate of drug-likeness (QED) is 0.810. The van der Waals surface area contributed by atoms with E-state index in [9.17, 15) is 29.4 Å². The molecule has 132 valence electrons. The summed E-state index contributed by atoms with van der Waals surface area (Å²) in [5.74, 6) is -5.51. The van der Waals surface area contributed by atoms with Crippen LogP contribution in [0.5, 0.6) is 0 Å². The Morgan fingerprint density at radius 3 is 2.00 bits per heavy atom. The SMILES string of the molecule is Cc1cc2c(cc1C)C(=O)N(C1(C(=O)O)CCCCC1C(=O)O)C2=O. The second kappa shape index (κ2) is 5.68. The Hall–Kier alpha value is -2.70. The third-order valence-electron chi connectivity index (χ3n) is 5.45. The van der Waals surface area contributed by atoms with Gasteiger partial charge in [-0.2, -0.15) is 0 Å². The number of carbonyl (C=O) groups excluding carboxylic acids is 2. The highest BCUT2D eigenvalue weighted by Crippen LogP contribution is 2.43. The molecule has 2 amide bonds. The van der Waals surface area contributed by atoms with Crippen LogP contribution in [0, 0.1) is 19.8 Å². The molecule has 2 N–H and O–H groups in total. The molecule has 1 saturated carbocycles. The number of aliphatic carboxylic acids is 2. The largest absolute Gasteiger partial charge is 0.481 e. The summed E-state index contributed by atoms with van der Waals surface area (Å²) in [6.45, 7) is 3.59. The van der Waals surface area contributed by atoms with Crippen molar-refractivity contribution in [2.24, 2.45) is 5.92 Å². The van der Waals surface area contributed by atoms with Gasteiger partial charge in [-0.15, -0.1) is 0 Å². The molecule has 0 aromatic heterocycles. The Kier molecular flexibility index (Phi) is 3.89. The standard InChI is InChI=1S/C18H19NO6/c1-9-7-11-12(8-10(9)2)15(21)19(14(11)20)18(17(24)25)6-4-3-5-13(18)16(22)23/h7-8,13H,3-6H2,1-2H3,(H,22,23)(H,24,25). The predicted octanol–water partition coefficient (Wildman–Crippen LogP) is 2.00. The van der Waals surface area contributed by atoms with E-state index in [1.54, 1.807) is 26.0 Å². The summed E-state index contributed by atoms with van der Waals surface area (Å²) in [4.78, 5) is 50.3. The Morgan fingerprint density at radius 1 is 1.04 bits per heavy atom. The van der Waals surface area contributed by atoms with Crippen molar-refractivity contribution in [3.63, 3.8) is 0 Å². The summed E-state index contributed by atoms with van der Waals surface area (Å²) in [6, 6.07) is 3.14. The highest BCUT2D eigenvalue weighted by molar-refractivity contribution is 6.23. The molecule has 1 aliphatic carbocycles. The predicted molar refractivity (Wildman–Crippen MR) is 86.4 cm³/mol. The van der Waals surface area contributed by atoms with Crippen molar-refractivity contribution in [3.05, 3.63) is 34.4 Å². The minimum atomic E-state index is -2.04. The van der Waals surface area contributed by atoms with E-state index in [2.05, 4.69) is 0 Å². The molecule has 2 aliphatic rings. The molecule has 25 heavy (non-hydrogen) atoms. The number of amides is 2. The van der Waals surface area contributed by atoms with Gasteiger partial charge >= 0.3 is 11.9 Å². The van der Waals surface area contributed by atoms with Gasteiger partial charge in [-0.25, -0.2) is 4.79 Å². The Labute approximate surface area is 144 Å². The third kappa shape index (κ3) is 2.26. The Bertz CT molecular complexity index is 773. The number of fused-ring (bicyclic) bond motifs is 1. The number of carboxylic acids is 2. The van der Waals surface area contributed by atoms with Crippen LogP contribution < -0.4 is 0 Å². The van der Waals surface area contributed by atoms with Gasteiger partial charge in [-0.1, -0.05) is 12.8 Å². The van der Waals surface area contributed by atoms with E-state index >= 15 is 0 Å². The van der Waals surface area contributed by atoms with E-state index in [1.807, 2.05) is 0 Å². The van der Waals surface area contributed by atoms with Crippen molar-refractivity contribution in [1.29, 1.82) is 0 Å². The number of rotatable bonds is 3. The first-order valence-corrected chi connectivity index (χ1v) is 8.18. The van der Waals surface area contributed by atoms with Crippen molar-refractivity contribution in [1.82, 2.24) is 4.90 Å². The lowest BCUT2D eigenvalue weighted by Crippen LogP contribution is -2.64. The summed E-state index contributed by atoms with van der Waals surface area (Å²) < 4.78 is 0. The van der Waals surface area contributed by atoms with Crippen LogP contribution >= 0.6 is 0 Å². The lowest BCUT2D eigenvalue weighted by atomic mass is 9.71. The van der Waals surface area contributed by atoms with Gasteiger partial charge in [-0.05, 0) is 49.9 Å². The van der Waals surface area contributed by atoms with Crippen molar-refractivity contribution in [2.45, 2.75) is 45.1 Å². The topological polar surface area (TPSA) is 112 Å². The molecule has 1 aliphatic heterocycles. The number of nitrogens with zero attached hydrogens (tertiary/aromatic N) is 1. The second-order valence-electron chi connectivity index (χ2n) is 6.79. The highest BCUT2D eigenvalue weighted by Gasteiger charge is 2.61. The first kappa shape index (κ1) is 17.1. The maximum Gasteiger partial charge on any atom is 0.331 e. The number of benzene rings is 1. The van der Waals surface area contributed by atoms with Gasteiger partial charge in [0.15, 0.2) is 5.54 Å². The molecular weight excluding hydrogens is 326 g/mol. The molecule has 1 fully saturated rings. The number of carboxylic acid groups (broad SMARTS) is 2. The second-order valence-corrected chi connectivity index (χ2v) is 6.79. The minimum absolute atomic E-state index is 0.0528. The van der Waals surface area contributed by atoms with Crippen LogP contribution in [0.3, 0.4) is 0 Å². The van der Waals surface area contributed by atoms with Crippen LogP contribution in [0.15, 0.2) is 12.1 Å². The third-order valence-corrected chi connectivity index (χ3v) is 5.45. The Balaban J connectivity index is 2.19. The molecule has 0 spiro atoms. The highest BCUT2D eigenvalue weighted by atomic mass is 16.4. The zero-order valence-corrected chi connectivity index (χ0v) is 14.0. The fraction of sp³-hybridized carbons (Fsp3) is 0.444. The van der Waals surface area contributed by atoms with Crippen LogP contribution in [-0.2, 0) is 9.59 Å². The van der Waals surface area contributed by atoms with E-state index < -0.39 is 35.2 Å². The van der Waals surface area contributed by atoms with Gasteiger partial charge in [0.25, 0.3) is 11.8 Å². The van der Waals surface area contributed by atoms with Crippen LogP contribution in [0.4, 0.5) is 0 Å². The lowest BCUT2D eigenvalue weighted by molar-refractivity contribution is -0.164. The summed E-state index contributed by atoms with van der Waals surface area (Å²) in [5, 5.41) is 19.4. The van der Waals surface area contributed by atoms with Gasteiger partial charge in [0.1, 0.15) is 0 Å². The average molecular weight is 345 g/mol. The zero-order valence-electron chi connectivity index (χ0n) is 14.0. The molecule has 1 aromatic rings. The molecule has 3 rings (SSSR count). The van der Waals surface area contributed by atoms with E-state index in [1.165, 1.54) is 0 Å². The molecule has 0 radical (unpaired) electrons. The molecule has 0 saturated heterocycles.